The van der Waals surface area contributed by atoms with Gasteiger partial charge in [-0.1, -0.05) is 20.8 Å². The molecule has 0 aliphatic rings. The Morgan fingerprint density at radius 1 is 1.33 bits per heavy atom. The Kier molecular flexibility index (Phi) is 4.93. The summed E-state index contributed by atoms with van der Waals surface area (Å²) in [5.41, 5.74) is 3.70. The molecule has 1 aromatic rings. The van der Waals surface area contributed by atoms with Crippen LogP contribution in [0.5, 0.6) is 0 Å². The largest absolute Gasteiger partial charge is 0.394 e. The fourth-order valence-electron chi connectivity index (χ4n) is 1.86. The number of nitrogens with zero attached hydrogens (tertiary/aromatic N) is 2. The number of aliphatic hydroxyl groups is 1. The molecule has 1 atom stereocenters. The molecule has 0 radical (unpaired) electrons. The second-order valence-corrected chi connectivity index (χ2v) is 6.06. The van der Waals surface area contributed by atoms with Crippen molar-refractivity contribution in [3.8, 4) is 0 Å². The zero-order valence-corrected chi connectivity index (χ0v) is 12.5. The van der Waals surface area contributed by atoms with Crippen molar-refractivity contribution < 1.29 is 5.11 Å². The van der Waals surface area contributed by atoms with Crippen molar-refractivity contribution in [1.29, 1.82) is 0 Å². The predicted molar refractivity (Wildman–Crippen MR) is 74.5 cm³/mol. The molecule has 0 saturated heterocycles. The Labute approximate surface area is 110 Å². The molecule has 1 heterocycles. The highest BCUT2D eigenvalue weighted by Gasteiger charge is 2.20. The molecule has 104 valence electrons. The summed E-state index contributed by atoms with van der Waals surface area (Å²) < 4.78 is 1.88. The quantitative estimate of drug-likeness (QED) is 0.844. The van der Waals surface area contributed by atoms with E-state index in [0.717, 1.165) is 17.9 Å². The van der Waals surface area contributed by atoms with Crippen LogP contribution in [0, 0.1) is 19.3 Å². The molecule has 1 aromatic heterocycles. The topological polar surface area (TPSA) is 50.1 Å². The lowest BCUT2D eigenvalue weighted by atomic mass is 9.88. The second kappa shape index (κ2) is 5.85. The molecule has 0 bridgehead atoms. The van der Waals surface area contributed by atoms with Crippen LogP contribution in [0.1, 0.15) is 44.6 Å². The monoisotopic (exact) mass is 253 g/mol. The number of aromatic nitrogens is 2. The highest BCUT2D eigenvalue weighted by Crippen LogP contribution is 2.20. The third-order valence-corrected chi connectivity index (χ3v) is 3.73. The van der Waals surface area contributed by atoms with Gasteiger partial charge in [-0.15, -0.1) is 0 Å². The van der Waals surface area contributed by atoms with E-state index in [-0.39, 0.29) is 12.0 Å². The van der Waals surface area contributed by atoms with E-state index in [1.165, 1.54) is 5.56 Å². The number of aryl methyl sites for hydroxylation is 1. The molecule has 4 nitrogen and oxygen atoms in total. The van der Waals surface area contributed by atoms with Crippen molar-refractivity contribution in [2.75, 3.05) is 6.61 Å². The van der Waals surface area contributed by atoms with Gasteiger partial charge < -0.3 is 10.4 Å². The summed E-state index contributed by atoms with van der Waals surface area (Å²) in [6.45, 7) is 14.5. The maximum Gasteiger partial charge on any atom is 0.0644 e. The van der Waals surface area contributed by atoms with E-state index in [0.29, 0.717) is 12.6 Å². The zero-order chi connectivity index (χ0) is 13.9. The first-order chi connectivity index (χ1) is 8.27. The van der Waals surface area contributed by atoms with E-state index in [4.69, 9.17) is 5.11 Å². The summed E-state index contributed by atoms with van der Waals surface area (Å²) in [4.78, 5) is 0. The third kappa shape index (κ3) is 3.56. The van der Waals surface area contributed by atoms with E-state index in [9.17, 15) is 0 Å². The maximum absolute atomic E-state index is 8.99. The van der Waals surface area contributed by atoms with E-state index < -0.39 is 0 Å². The molecule has 0 aliphatic heterocycles. The van der Waals surface area contributed by atoms with Crippen LogP contribution in [0.25, 0.3) is 0 Å². The summed E-state index contributed by atoms with van der Waals surface area (Å²) in [7, 11) is 0. The SMILES string of the molecule is Cc1nn(CCO)c(C)c1CNC(C)C(C)(C)C. The Bertz CT molecular complexity index is 390. The summed E-state index contributed by atoms with van der Waals surface area (Å²) in [5, 5.41) is 17.0. The molecule has 2 N–H and O–H groups in total. The van der Waals surface area contributed by atoms with Crippen LogP contribution in [0.3, 0.4) is 0 Å². The molecule has 1 unspecified atom stereocenters. The van der Waals surface area contributed by atoms with Crippen molar-refractivity contribution in [3.63, 3.8) is 0 Å². The van der Waals surface area contributed by atoms with Crippen LogP contribution in [0.15, 0.2) is 0 Å². The van der Waals surface area contributed by atoms with E-state index in [2.05, 4.69) is 45.0 Å². The van der Waals surface area contributed by atoms with Gasteiger partial charge in [-0.05, 0) is 26.2 Å². The Morgan fingerprint density at radius 3 is 2.44 bits per heavy atom. The van der Waals surface area contributed by atoms with Gasteiger partial charge in [-0.25, -0.2) is 0 Å². The van der Waals surface area contributed by atoms with Gasteiger partial charge in [0.1, 0.15) is 0 Å². The van der Waals surface area contributed by atoms with Crippen molar-refractivity contribution in [1.82, 2.24) is 15.1 Å². The molecule has 0 spiro atoms. The Hall–Kier alpha value is -0.870. The lowest BCUT2D eigenvalue weighted by molar-refractivity contribution is 0.267. The summed E-state index contributed by atoms with van der Waals surface area (Å²) in [6.07, 6.45) is 0. The smallest absolute Gasteiger partial charge is 0.0644 e. The van der Waals surface area contributed by atoms with Crippen LogP contribution >= 0.6 is 0 Å². The van der Waals surface area contributed by atoms with E-state index in [1.807, 2.05) is 11.6 Å². The molecule has 0 fully saturated rings. The fraction of sp³-hybridized carbons (Fsp3) is 0.786. The van der Waals surface area contributed by atoms with Gasteiger partial charge in [0.25, 0.3) is 0 Å². The van der Waals surface area contributed by atoms with Gasteiger partial charge in [0.15, 0.2) is 0 Å². The Morgan fingerprint density at radius 2 is 1.94 bits per heavy atom. The average molecular weight is 253 g/mol. The third-order valence-electron chi connectivity index (χ3n) is 3.73. The minimum Gasteiger partial charge on any atom is -0.394 e. The first-order valence-corrected chi connectivity index (χ1v) is 6.64. The van der Waals surface area contributed by atoms with Crippen LogP contribution in [0.2, 0.25) is 0 Å². The average Bonchev–Trinajstić information content (AvgIpc) is 2.51. The minimum atomic E-state index is 0.132. The van der Waals surface area contributed by atoms with Gasteiger partial charge in [0.2, 0.25) is 0 Å². The number of aliphatic hydroxyl groups excluding tert-OH is 1. The predicted octanol–water partition coefficient (Wildman–Crippen LogP) is 2.02. The van der Waals surface area contributed by atoms with E-state index >= 15 is 0 Å². The zero-order valence-electron chi connectivity index (χ0n) is 12.5. The number of rotatable bonds is 5. The van der Waals surface area contributed by atoms with Crippen molar-refractivity contribution in [2.45, 2.75) is 60.7 Å². The molecule has 1 rings (SSSR count). The second-order valence-electron chi connectivity index (χ2n) is 6.06. The molecular formula is C14H27N3O. The highest BCUT2D eigenvalue weighted by atomic mass is 16.3. The standard InChI is InChI=1S/C14H27N3O/c1-10-13(9-15-12(3)14(4,5)6)11(2)17(16-10)7-8-18/h12,15,18H,7-9H2,1-6H3. The number of hydrogen-bond acceptors (Lipinski definition) is 3. The maximum atomic E-state index is 8.99. The van der Waals surface area contributed by atoms with Crippen molar-refractivity contribution >= 4 is 0 Å². The van der Waals surface area contributed by atoms with Crippen LogP contribution in [0.4, 0.5) is 0 Å². The first kappa shape index (κ1) is 15.2. The normalized spacial score (nSPS) is 13.9. The lowest BCUT2D eigenvalue weighted by Gasteiger charge is -2.28. The molecular weight excluding hydrogens is 226 g/mol. The lowest BCUT2D eigenvalue weighted by Crippen LogP contribution is -2.37. The van der Waals surface area contributed by atoms with Crippen molar-refractivity contribution in [2.24, 2.45) is 5.41 Å². The van der Waals surface area contributed by atoms with Crippen LogP contribution in [-0.2, 0) is 13.1 Å². The fourth-order valence-corrected chi connectivity index (χ4v) is 1.86. The van der Waals surface area contributed by atoms with Gasteiger partial charge in [-0.2, -0.15) is 5.10 Å². The Balaban J connectivity index is 2.73. The van der Waals surface area contributed by atoms with Gasteiger partial charge in [0.05, 0.1) is 18.8 Å². The molecule has 4 heteroatoms. The summed E-state index contributed by atoms with van der Waals surface area (Å²) >= 11 is 0. The molecule has 0 aliphatic carbocycles. The highest BCUT2D eigenvalue weighted by molar-refractivity contribution is 5.24. The summed E-state index contributed by atoms with van der Waals surface area (Å²) in [5.74, 6) is 0. The number of hydrogen-bond donors (Lipinski definition) is 2. The van der Waals surface area contributed by atoms with Gasteiger partial charge in [-0.3, -0.25) is 4.68 Å². The first-order valence-electron chi connectivity index (χ1n) is 6.64. The number of nitrogens with one attached hydrogen (secondary N) is 1. The van der Waals surface area contributed by atoms with E-state index in [1.54, 1.807) is 0 Å². The molecule has 0 amide bonds. The van der Waals surface area contributed by atoms with Crippen LogP contribution in [-0.4, -0.2) is 27.5 Å². The molecule has 0 saturated carbocycles. The minimum absolute atomic E-state index is 0.132. The molecule has 18 heavy (non-hydrogen) atoms. The summed E-state index contributed by atoms with van der Waals surface area (Å²) in [6, 6.07) is 0.442. The van der Waals surface area contributed by atoms with Crippen LogP contribution < -0.4 is 5.32 Å². The van der Waals surface area contributed by atoms with Gasteiger partial charge >= 0.3 is 0 Å². The van der Waals surface area contributed by atoms with Gasteiger partial charge in [0, 0.05) is 23.8 Å². The van der Waals surface area contributed by atoms with Crippen molar-refractivity contribution in [3.05, 3.63) is 17.0 Å². The molecule has 0 aromatic carbocycles.